The number of anilines is 3. The molecule has 3 aromatic rings. The summed E-state index contributed by atoms with van der Waals surface area (Å²) in [4.78, 5) is 42.2. The molecule has 1 aliphatic heterocycles. The zero-order valence-corrected chi connectivity index (χ0v) is 23.6. The normalized spacial score (nSPS) is 18.3. The fourth-order valence-corrected chi connectivity index (χ4v) is 5.35. The van der Waals surface area contributed by atoms with Crippen LogP contribution in [0.4, 0.5) is 26.9 Å². The van der Waals surface area contributed by atoms with E-state index in [2.05, 4.69) is 26.4 Å². The molecule has 12 nitrogen and oxygen atoms in total. The van der Waals surface area contributed by atoms with E-state index in [0.29, 0.717) is 33.9 Å². The van der Waals surface area contributed by atoms with Crippen molar-refractivity contribution in [1.29, 1.82) is 0 Å². The van der Waals surface area contributed by atoms with E-state index in [0.717, 1.165) is 41.6 Å². The number of rotatable bonds is 6. The van der Waals surface area contributed by atoms with Crippen LogP contribution in [0.5, 0.6) is 0 Å². The molecule has 5 N–H and O–H groups in total. The average Bonchev–Trinajstić information content (AvgIpc) is 3.52. The average molecular weight is 562 g/mol. The number of hydrogen-bond donors (Lipinski definition) is 5. The van der Waals surface area contributed by atoms with Gasteiger partial charge in [-0.25, -0.2) is 14.6 Å². The van der Waals surface area contributed by atoms with Gasteiger partial charge < -0.3 is 31.1 Å². The molecule has 2 aliphatic rings. The predicted octanol–water partition coefficient (Wildman–Crippen LogP) is 5.01. The highest BCUT2D eigenvalue weighted by molar-refractivity contribution is 6.06. The topological polar surface area (TPSA) is 160 Å². The van der Waals surface area contributed by atoms with E-state index in [1.807, 2.05) is 52.0 Å². The highest BCUT2D eigenvalue weighted by Gasteiger charge is 2.34. The molecule has 2 atom stereocenters. The van der Waals surface area contributed by atoms with Gasteiger partial charge in [-0.05, 0) is 63.8 Å². The Morgan fingerprint density at radius 1 is 1.12 bits per heavy atom. The third-order valence-corrected chi connectivity index (χ3v) is 7.09. The van der Waals surface area contributed by atoms with Crippen LogP contribution < -0.4 is 21.3 Å². The number of nitrogens with zero attached hydrogens (tertiary/aromatic N) is 3. The van der Waals surface area contributed by atoms with Crippen molar-refractivity contribution in [3.05, 3.63) is 53.3 Å². The lowest BCUT2D eigenvalue weighted by molar-refractivity contribution is 0.0488. The second kappa shape index (κ2) is 11.1. The fourth-order valence-electron chi connectivity index (χ4n) is 5.35. The smallest absolute Gasteiger partial charge is 0.432 e. The number of nitrogens with one attached hydrogen (secondary N) is 4. The highest BCUT2D eigenvalue weighted by Crippen LogP contribution is 2.40. The lowest BCUT2D eigenvalue weighted by atomic mass is 9.89. The van der Waals surface area contributed by atoms with Gasteiger partial charge in [-0.2, -0.15) is 9.78 Å². The Morgan fingerprint density at radius 2 is 1.88 bits per heavy atom. The van der Waals surface area contributed by atoms with Crippen molar-refractivity contribution in [2.75, 3.05) is 10.6 Å². The van der Waals surface area contributed by atoms with Gasteiger partial charge in [0.15, 0.2) is 0 Å². The molecule has 0 unspecified atom stereocenters. The van der Waals surface area contributed by atoms with Crippen molar-refractivity contribution in [1.82, 2.24) is 25.4 Å². The first kappa shape index (κ1) is 27.9. The molecular weight excluding hydrogens is 526 g/mol. The summed E-state index contributed by atoms with van der Waals surface area (Å²) < 4.78 is 6.33. The third-order valence-electron chi connectivity index (χ3n) is 7.09. The number of carbonyl (C=O) groups excluding carboxylic acids is 2. The number of carbonyl (C=O) groups is 3. The lowest BCUT2D eigenvalue weighted by Gasteiger charge is -2.34. The van der Waals surface area contributed by atoms with Gasteiger partial charge in [0.25, 0.3) is 5.91 Å². The van der Waals surface area contributed by atoms with Crippen LogP contribution in [0.25, 0.3) is 11.1 Å². The molecule has 1 aromatic carbocycles. The van der Waals surface area contributed by atoms with Crippen LogP contribution in [0.2, 0.25) is 0 Å². The van der Waals surface area contributed by atoms with Crippen molar-refractivity contribution in [2.24, 2.45) is 0 Å². The van der Waals surface area contributed by atoms with E-state index in [1.165, 1.54) is 12.4 Å². The lowest BCUT2D eigenvalue weighted by Crippen LogP contribution is -2.50. The number of aryl methyl sites for hydroxylation is 1. The molecule has 3 heterocycles. The maximum Gasteiger partial charge on any atom is 0.432 e. The van der Waals surface area contributed by atoms with Crippen LogP contribution in [-0.4, -0.2) is 55.6 Å². The number of aromatic nitrogens is 3. The van der Waals surface area contributed by atoms with E-state index in [1.54, 1.807) is 0 Å². The van der Waals surface area contributed by atoms with Crippen LogP contribution in [0, 0.1) is 6.92 Å². The van der Waals surface area contributed by atoms with Crippen molar-refractivity contribution in [3.8, 4) is 11.1 Å². The third kappa shape index (κ3) is 6.26. The molecule has 1 saturated carbocycles. The molecule has 0 saturated heterocycles. The van der Waals surface area contributed by atoms with E-state index in [4.69, 9.17) is 9.72 Å². The quantitative estimate of drug-likeness (QED) is 0.279. The summed E-state index contributed by atoms with van der Waals surface area (Å²) >= 11 is 0. The largest absolute Gasteiger partial charge is 0.463 e. The molecule has 41 heavy (non-hydrogen) atoms. The number of carboxylic acid groups (broad SMARTS) is 1. The van der Waals surface area contributed by atoms with Gasteiger partial charge >= 0.3 is 12.2 Å². The van der Waals surface area contributed by atoms with Crippen LogP contribution in [0.15, 0.2) is 36.7 Å². The monoisotopic (exact) mass is 561 g/mol. The van der Waals surface area contributed by atoms with Crippen molar-refractivity contribution in [3.63, 3.8) is 0 Å². The molecule has 2 aromatic heterocycles. The Bertz CT molecular complexity index is 1490. The van der Waals surface area contributed by atoms with Gasteiger partial charge in [0.1, 0.15) is 17.2 Å². The molecule has 0 spiro atoms. The number of fused-ring (bicyclic) bond motifs is 1. The molecule has 1 fully saturated rings. The summed E-state index contributed by atoms with van der Waals surface area (Å²) in [5.41, 5.74) is 3.36. The molecule has 0 radical (unpaired) electrons. The predicted molar refractivity (Wildman–Crippen MR) is 154 cm³/mol. The first-order valence-corrected chi connectivity index (χ1v) is 13.7. The number of ether oxygens (including phenoxy) is 1. The summed E-state index contributed by atoms with van der Waals surface area (Å²) in [5, 5.41) is 26.2. The zero-order valence-electron chi connectivity index (χ0n) is 23.6. The Balaban J connectivity index is 1.57. The van der Waals surface area contributed by atoms with Gasteiger partial charge in [-0.1, -0.05) is 25.0 Å². The minimum atomic E-state index is -1.23. The molecule has 0 bridgehead atoms. The summed E-state index contributed by atoms with van der Waals surface area (Å²) in [7, 11) is 0. The van der Waals surface area contributed by atoms with Crippen LogP contribution >= 0.6 is 0 Å². The first-order valence-electron chi connectivity index (χ1n) is 13.7. The SMILES string of the molecule is Cc1cccc(Nc2nc(N[C@@H]3CCCC[C@@H]3NC(=O)OC(C)(C)C)c(-c3cnn(C(=O)O)c3)c3c2C(=O)NC3)c1. The van der Waals surface area contributed by atoms with E-state index in [-0.39, 0.29) is 24.5 Å². The maximum absolute atomic E-state index is 13.0. The summed E-state index contributed by atoms with van der Waals surface area (Å²) in [6.07, 6.45) is 4.56. The molecule has 5 rings (SSSR count). The van der Waals surface area contributed by atoms with E-state index >= 15 is 0 Å². The molecule has 12 heteroatoms. The van der Waals surface area contributed by atoms with Gasteiger partial charge in [0.2, 0.25) is 0 Å². The Hall–Kier alpha value is -4.61. The summed E-state index contributed by atoms with van der Waals surface area (Å²) in [6, 6.07) is 7.34. The summed E-state index contributed by atoms with van der Waals surface area (Å²) in [5.74, 6) is 0.566. The minimum absolute atomic E-state index is 0.188. The van der Waals surface area contributed by atoms with Gasteiger partial charge in [-0.3, -0.25) is 4.79 Å². The summed E-state index contributed by atoms with van der Waals surface area (Å²) in [6.45, 7) is 7.68. The van der Waals surface area contributed by atoms with E-state index in [9.17, 15) is 19.5 Å². The van der Waals surface area contributed by atoms with Crippen LogP contribution in [0.3, 0.4) is 0 Å². The number of amides is 2. The molecule has 1 aliphatic carbocycles. The van der Waals surface area contributed by atoms with Gasteiger partial charge in [0.05, 0.1) is 17.8 Å². The van der Waals surface area contributed by atoms with E-state index < -0.39 is 17.8 Å². The van der Waals surface area contributed by atoms with Crippen LogP contribution in [0.1, 0.15) is 67.9 Å². The maximum atomic E-state index is 13.0. The number of alkyl carbamates (subject to hydrolysis) is 1. The number of hydrogen-bond acceptors (Lipinski definition) is 8. The Labute approximate surface area is 237 Å². The number of benzene rings is 1. The Morgan fingerprint density at radius 3 is 2.56 bits per heavy atom. The van der Waals surface area contributed by atoms with Crippen molar-refractivity contribution >= 4 is 35.4 Å². The highest BCUT2D eigenvalue weighted by atomic mass is 16.6. The first-order chi connectivity index (χ1) is 19.5. The zero-order chi connectivity index (χ0) is 29.3. The standard InChI is InChI=1S/C29H35N7O5/c1-16-8-7-9-18(12-16)32-25-23-19(14-30-26(23)37)22(17-13-31-36(15-17)28(39)40)24(35-25)33-20-10-5-6-11-21(20)34-27(38)41-29(2,3)4/h7-9,12-13,15,20-21H,5-6,10-11,14H2,1-4H3,(H,30,37)(H,34,38)(H,39,40)(H2,32,33,35)/t20-,21+/m1/s1. The van der Waals surface area contributed by atoms with Gasteiger partial charge in [-0.15, -0.1) is 0 Å². The second-order valence-corrected chi connectivity index (χ2v) is 11.5. The van der Waals surface area contributed by atoms with Crippen molar-refractivity contribution < 1.29 is 24.2 Å². The van der Waals surface area contributed by atoms with Crippen molar-refractivity contribution in [2.45, 2.75) is 77.6 Å². The molecule has 2 amide bonds. The fraction of sp³-hybridized carbons (Fsp3) is 0.414. The Kier molecular flexibility index (Phi) is 7.57. The minimum Gasteiger partial charge on any atom is -0.463 e. The number of pyridine rings is 1. The molecule has 216 valence electrons. The van der Waals surface area contributed by atoms with Gasteiger partial charge in [0, 0.05) is 35.6 Å². The molecular formula is C29H35N7O5. The second-order valence-electron chi connectivity index (χ2n) is 11.5. The van der Waals surface area contributed by atoms with Crippen LogP contribution in [-0.2, 0) is 11.3 Å².